The molecule has 0 saturated carbocycles. The minimum absolute atomic E-state index is 0.139. The standard InChI is InChI=1S/C26H25FN2O4/c1-33-21-12-11-20(30)22(23(21)27)24(31)17-7-9-18(10-8-17)25(32)29-26(13-15-28-16-14-26)19-5-3-2-4-6-19/h2-12,28,30H,13-16H2,1H3,(H,29,32). The summed E-state index contributed by atoms with van der Waals surface area (Å²) in [4.78, 5) is 25.9. The van der Waals surface area contributed by atoms with E-state index in [2.05, 4.69) is 10.6 Å². The lowest BCUT2D eigenvalue weighted by Crippen LogP contribution is -2.52. The van der Waals surface area contributed by atoms with Crippen molar-refractivity contribution in [1.29, 1.82) is 0 Å². The topological polar surface area (TPSA) is 87.7 Å². The Bertz CT molecular complexity index is 1160. The van der Waals surface area contributed by atoms with Crippen LogP contribution < -0.4 is 15.4 Å². The summed E-state index contributed by atoms with van der Waals surface area (Å²) in [6, 6.07) is 18.3. The molecule has 0 atom stereocenters. The molecule has 0 unspecified atom stereocenters. The molecule has 0 bridgehead atoms. The highest BCUT2D eigenvalue weighted by Crippen LogP contribution is 2.32. The largest absolute Gasteiger partial charge is 0.507 e. The maximum Gasteiger partial charge on any atom is 0.251 e. The summed E-state index contributed by atoms with van der Waals surface area (Å²) >= 11 is 0. The van der Waals surface area contributed by atoms with Crippen molar-refractivity contribution in [3.63, 3.8) is 0 Å². The molecule has 33 heavy (non-hydrogen) atoms. The van der Waals surface area contributed by atoms with Crippen LogP contribution in [0.5, 0.6) is 11.5 Å². The van der Waals surface area contributed by atoms with Crippen LogP contribution in [0.1, 0.15) is 44.7 Å². The normalized spacial score (nSPS) is 15.0. The van der Waals surface area contributed by atoms with E-state index < -0.39 is 28.5 Å². The fraction of sp³-hybridized carbons (Fsp3) is 0.231. The number of phenols is 1. The number of aromatic hydroxyl groups is 1. The van der Waals surface area contributed by atoms with Crippen LogP contribution >= 0.6 is 0 Å². The van der Waals surface area contributed by atoms with Crippen LogP contribution in [0.2, 0.25) is 0 Å². The van der Waals surface area contributed by atoms with Crippen molar-refractivity contribution < 1.29 is 23.8 Å². The van der Waals surface area contributed by atoms with E-state index in [1.165, 1.54) is 43.5 Å². The third kappa shape index (κ3) is 4.45. The van der Waals surface area contributed by atoms with Gasteiger partial charge in [0.2, 0.25) is 0 Å². The number of benzene rings is 3. The SMILES string of the molecule is COc1ccc(O)c(C(=O)c2ccc(C(=O)NC3(c4ccccc4)CCNCC3)cc2)c1F. The number of nitrogens with one attached hydrogen (secondary N) is 2. The average molecular weight is 448 g/mol. The second kappa shape index (κ2) is 9.42. The lowest BCUT2D eigenvalue weighted by molar-refractivity contribution is 0.0871. The number of amides is 1. The van der Waals surface area contributed by atoms with Gasteiger partial charge in [0.1, 0.15) is 11.3 Å². The lowest BCUT2D eigenvalue weighted by Gasteiger charge is -2.39. The van der Waals surface area contributed by atoms with Gasteiger partial charge in [-0.15, -0.1) is 0 Å². The van der Waals surface area contributed by atoms with Crippen LogP contribution in [0.3, 0.4) is 0 Å². The van der Waals surface area contributed by atoms with Gasteiger partial charge < -0.3 is 20.5 Å². The van der Waals surface area contributed by atoms with Gasteiger partial charge in [0.15, 0.2) is 17.3 Å². The van der Waals surface area contributed by atoms with Crippen LogP contribution in [0.4, 0.5) is 4.39 Å². The van der Waals surface area contributed by atoms with Crippen molar-refractivity contribution in [2.24, 2.45) is 0 Å². The number of hydrogen-bond acceptors (Lipinski definition) is 5. The van der Waals surface area contributed by atoms with Crippen molar-refractivity contribution in [2.45, 2.75) is 18.4 Å². The maximum absolute atomic E-state index is 14.6. The summed E-state index contributed by atoms with van der Waals surface area (Å²) < 4.78 is 19.5. The van der Waals surface area contributed by atoms with E-state index in [1.807, 2.05) is 30.3 Å². The van der Waals surface area contributed by atoms with Crippen LogP contribution in [0.25, 0.3) is 0 Å². The first-order chi connectivity index (χ1) is 15.9. The van der Waals surface area contributed by atoms with Gasteiger partial charge >= 0.3 is 0 Å². The monoisotopic (exact) mass is 448 g/mol. The molecular formula is C26H25FN2O4. The third-order valence-corrected chi connectivity index (χ3v) is 6.08. The first-order valence-corrected chi connectivity index (χ1v) is 10.7. The highest BCUT2D eigenvalue weighted by Gasteiger charge is 2.35. The van der Waals surface area contributed by atoms with Crippen molar-refractivity contribution in [2.75, 3.05) is 20.2 Å². The van der Waals surface area contributed by atoms with Gasteiger partial charge in [-0.3, -0.25) is 9.59 Å². The highest BCUT2D eigenvalue weighted by molar-refractivity contribution is 6.11. The quantitative estimate of drug-likeness (QED) is 0.500. The summed E-state index contributed by atoms with van der Waals surface area (Å²) in [6.45, 7) is 1.58. The van der Waals surface area contributed by atoms with Gasteiger partial charge in [0.25, 0.3) is 5.91 Å². The zero-order valence-corrected chi connectivity index (χ0v) is 18.2. The molecule has 3 aromatic carbocycles. The molecule has 1 aliphatic heterocycles. The fourth-order valence-electron chi connectivity index (χ4n) is 4.22. The molecule has 0 aliphatic carbocycles. The zero-order valence-electron chi connectivity index (χ0n) is 18.2. The predicted molar refractivity (Wildman–Crippen MR) is 122 cm³/mol. The molecule has 3 aromatic rings. The number of carbonyl (C=O) groups excluding carboxylic acids is 2. The van der Waals surface area contributed by atoms with Crippen molar-refractivity contribution in [1.82, 2.24) is 10.6 Å². The number of ether oxygens (including phenoxy) is 1. The maximum atomic E-state index is 14.6. The first-order valence-electron chi connectivity index (χ1n) is 10.7. The van der Waals surface area contributed by atoms with Crippen LogP contribution in [-0.2, 0) is 5.54 Å². The van der Waals surface area contributed by atoms with Gasteiger partial charge in [-0.1, -0.05) is 42.5 Å². The van der Waals surface area contributed by atoms with Gasteiger partial charge in [0.05, 0.1) is 12.6 Å². The number of ketones is 1. The Labute approximate surface area is 191 Å². The zero-order chi connectivity index (χ0) is 23.4. The van der Waals surface area contributed by atoms with Gasteiger partial charge in [0, 0.05) is 11.1 Å². The Kier molecular flexibility index (Phi) is 6.42. The predicted octanol–water partition coefficient (Wildman–Crippen LogP) is 3.78. The van der Waals surface area contributed by atoms with E-state index in [0.717, 1.165) is 31.5 Å². The molecular weight excluding hydrogens is 423 g/mol. The van der Waals surface area contributed by atoms with E-state index in [0.29, 0.717) is 5.56 Å². The molecule has 0 spiro atoms. The Morgan fingerprint density at radius 1 is 0.970 bits per heavy atom. The highest BCUT2D eigenvalue weighted by atomic mass is 19.1. The smallest absolute Gasteiger partial charge is 0.251 e. The van der Waals surface area contributed by atoms with Gasteiger partial charge in [-0.25, -0.2) is 4.39 Å². The van der Waals surface area contributed by atoms with E-state index in [4.69, 9.17) is 4.74 Å². The molecule has 7 heteroatoms. The fourth-order valence-corrected chi connectivity index (χ4v) is 4.22. The van der Waals surface area contributed by atoms with Crippen LogP contribution in [0.15, 0.2) is 66.7 Å². The molecule has 1 heterocycles. The number of piperidine rings is 1. The molecule has 0 radical (unpaired) electrons. The average Bonchev–Trinajstić information content (AvgIpc) is 2.85. The van der Waals surface area contributed by atoms with Crippen LogP contribution in [0, 0.1) is 5.82 Å². The van der Waals surface area contributed by atoms with E-state index in [-0.39, 0.29) is 17.2 Å². The molecule has 1 aliphatic rings. The number of methoxy groups -OCH3 is 1. The van der Waals surface area contributed by atoms with E-state index in [1.54, 1.807) is 0 Å². The minimum atomic E-state index is -0.931. The second-order valence-electron chi connectivity index (χ2n) is 8.03. The molecule has 1 saturated heterocycles. The Hall–Kier alpha value is -3.71. The molecule has 0 aromatic heterocycles. The molecule has 1 fully saturated rings. The van der Waals surface area contributed by atoms with Gasteiger partial charge in [-0.05, 0) is 55.8 Å². The van der Waals surface area contributed by atoms with Crippen molar-refractivity contribution in [3.8, 4) is 11.5 Å². The number of carbonyl (C=O) groups is 2. The van der Waals surface area contributed by atoms with Crippen LogP contribution in [-0.4, -0.2) is 37.0 Å². The number of hydrogen-bond donors (Lipinski definition) is 3. The summed E-state index contributed by atoms with van der Waals surface area (Å²) in [5, 5.41) is 16.5. The second-order valence-corrected chi connectivity index (χ2v) is 8.03. The van der Waals surface area contributed by atoms with E-state index in [9.17, 15) is 19.1 Å². The first kappa shape index (κ1) is 22.5. The number of halogens is 1. The number of rotatable bonds is 6. The number of phenolic OH excluding ortho intramolecular Hbond substituents is 1. The van der Waals surface area contributed by atoms with E-state index >= 15 is 0 Å². The molecule has 170 valence electrons. The molecule has 6 nitrogen and oxygen atoms in total. The Balaban J connectivity index is 1.57. The minimum Gasteiger partial charge on any atom is -0.507 e. The van der Waals surface area contributed by atoms with Crippen molar-refractivity contribution >= 4 is 11.7 Å². The summed E-state index contributed by atoms with van der Waals surface area (Å²) in [7, 11) is 1.28. The lowest BCUT2D eigenvalue weighted by atomic mass is 9.81. The van der Waals surface area contributed by atoms with Crippen molar-refractivity contribution in [3.05, 3.63) is 94.8 Å². The Morgan fingerprint density at radius 3 is 2.24 bits per heavy atom. The van der Waals surface area contributed by atoms with Gasteiger partial charge in [-0.2, -0.15) is 0 Å². The Morgan fingerprint density at radius 2 is 1.61 bits per heavy atom. The summed E-state index contributed by atoms with van der Waals surface area (Å²) in [5.74, 6) is -2.50. The third-order valence-electron chi connectivity index (χ3n) is 6.08. The molecule has 3 N–H and O–H groups in total. The molecule has 4 rings (SSSR count). The summed E-state index contributed by atoms with van der Waals surface area (Å²) in [6.07, 6.45) is 1.52. The molecule has 1 amide bonds. The summed E-state index contributed by atoms with van der Waals surface area (Å²) in [5.41, 5.74) is 0.636.